The Hall–Kier alpha value is -3.35. The number of pyridine rings is 2. The van der Waals surface area contributed by atoms with Gasteiger partial charge in [0.25, 0.3) is 5.91 Å². The van der Waals surface area contributed by atoms with Crippen molar-refractivity contribution in [1.29, 1.82) is 5.26 Å². The van der Waals surface area contributed by atoms with Gasteiger partial charge in [0.2, 0.25) is 5.88 Å². The van der Waals surface area contributed by atoms with Gasteiger partial charge in [0.15, 0.2) is 0 Å². The number of amides is 1. The molecule has 3 aromatic rings. The van der Waals surface area contributed by atoms with Crippen molar-refractivity contribution in [2.45, 2.75) is 25.1 Å². The van der Waals surface area contributed by atoms with Gasteiger partial charge in [0, 0.05) is 43.4 Å². The van der Waals surface area contributed by atoms with Crippen LogP contribution in [-0.4, -0.2) is 40.0 Å². The van der Waals surface area contributed by atoms with Gasteiger partial charge in [-0.05, 0) is 42.8 Å². The topological polar surface area (TPSA) is 79.1 Å². The van der Waals surface area contributed by atoms with E-state index in [0.717, 1.165) is 23.9 Å². The van der Waals surface area contributed by atoms with Gasteiger partial charge in [0.1, 0.15) is 17.9 Å². The number of nitriles is 1. The standard InChI is InChI=1S/C25H19Cl2F3N4O2/c1-14(36-23-7-2-15(9-31)10-33-23)18-12-34(13-19(18)16-3-5-20(26)21(27)8-16)24(35)17-4-6-22(32-11-17)25(28,29)30/h2-8,10-11,14,18-19H,12-13H2,1H3/t14-,18?,19+/m0/s1. The van der Waals surface area contributed by atoms with Crippen LogP contribution in [0.25, 0.3) is 0 Å². The van der Waals surface area contributed by atoms with E-state index in [1.165, 1.54) is 6.20 Å². The molecule has 4 rings (SSSR count). The Bertz CT molecular complexity index is 1290. The van der Waals surface area contributed by atoms with Gasteiger partial charge in [-0.1, -0.05) is 29.3 Å². The van der Waals surface area contributed by atoms with Gasteiger partial charge in [-0.25, -0.2) is 4.98 Å². The molecule has 2 aromatic heterocycles. The fourth-order valence-corrected chi connectivity index (χ4v) is 4.54. The minimum absolute atomic E-state index is 0.0545. The molecule has 0 spiro atoms. The first-order valence-electron chi connectivity index (χ1n) is 10.9. The Labute approximate surface area is 215 Å². The number of ether oxygens (including phenoxy) is 1. The highest BCUT2D eigenvalue weighted by molar-refractivity contribution is 6.42. The van der Waals surface area contributed by atoms with Crippen molar-refractivity contribution in [2.75, 3.05) is 13.1 Å². The zero-order valence-electron chi connectivity index (χ0n) is 18.8. The molecule has 1 aliphatic rings. The number of carbonyl (C=O) groups excluding carboxylic acids is 1. The van der Waals surface area contributed by atoms with Crippen LogP contribution in [0.3, 0.4) is 0 Å². The van der Waals surface area contributed by atoms with Crippen LogP contribution in [0.1, 0.15) is 40.0 Å². The number of nitrogens with zero attached hydrogens (tertiary/aromatic N) is 4. The smallest absolute Gasteiger partial charge is 0.433 e. The van der Waals surface area contributed by atoms with Crippen LogP contribution < -0.4 is 4.74 Å². The number of benzene rings is 1. The second-order valence-electron chi connectivity index (χ2n) is 8.40. The van der Waals surface area contributed by atoms with Crippen LogP contribution in [0.4, 0.5) is 13.2 Å². The fourth-order valence-electron chi connectivity index (χ4n) is 4.23. The summed E-state index contributed by atoms with van der Waals surface area (Å²) in [6, 6.07) is 12.3. The van der Waals surface area contributed by atoms with Gasteiger partial charge in [-0.3, -0.25) is 9.78 Å². The second-order valence-corrected chi connectivity index (χ2v) is 9.22. The molecule has 36 heavy (non-hydrogen) atoms. The molecule has 1 saturated heterocycles. The highest BCUT2D eigenvalue weighted by Crippen LogP contribution is 2.39. The van der Waals surface area contributed by atoms with Crippen molar-refractivity contribution >= 4 is 29.1 Å². The van der Waals surface area contributed by atoms with E-state index in [0.29, 0.717) is 21.5 Å². The van der Waals surface area contributed by atoms with E-state index in [-0.39, 0.29) is 30.5 Å². The van der Waals surface area contributed by atoms with Crippen LogP contribution in [0.15, 0.2) is 54.9 Å². The molecule has 11 heteroatoms. The van der Waals surface area contributed by atoms with E-state index in [2.05, 4.69) is 9.97 Å². The summed E-state index contributed by atoms with van der Waals surface area (Å²) < 4.78 is 44.6. The maximum absolute atomic E-state index is 13.2. The second kappa shape index (κ2) is 10.3. The third kappa shape index (κ3) is 5.55. The van der Waals surface area contributed by atoms with Crippen molar-refractivity contribution in [3.63, 3.8) is 0 Å². The molecule has 0 aliphatic carbocycles. The van der Waals surface area contributed by atoms with Gasteiger partial charge in [0.05, 0.1) is 21.2 Å². The first kappa shape index (κ1) is 25.7. The molecular formula is C25H19Cl2F3N4O2. The van der Waals surface area contributed by atoms with Crippen LogP contribution >= 0.6 is 23.2 Å². The van der Waals surface area contributed by atoms with Gasteiger partial charge in [-0.15, -0.1) is 0 Å². The summed E-state index contributed by atoms with van der Waals surface area (Å²) in [6.45, 7) is 2.42. The Balaban J connectivity index is 1.59. The summed E-state index contributed by atoms with van der Waals surface area (Å²) >= 11 is 12.3. The lowest BCUT2D eigenvalue weighted by molar-refractivity contribution is -0.141. The van der Waals surface area contributed by atoms with E-state index >= 15 is 0 Å². The Morgan fingerprint density at radius 2 is 1.89 bits per heavy atom. The molecule has 1 aliphatic heterocycles. The number of hydrogen-bond acceptors (Lipinski definition) is 5. The summed E-state index contributed by atoms with van der Waals surface area (Å²) in [5.74, 6) is -0.510. The maximum Gasteiger partial charge on any atom is 0.433 e. The summed E-state index contributed by atoms with van der Waals surface area (Å²) in [5, 5.41) is 9.73. The minimum atomic E-state index is -4.59. The Kier molecular flexibility index (Phi) is 7.38. The quantitative estimate of drug-likeness (QED) is 0.401. The zero-order valence-corrected chi connectivity index (χ0v) is 20.3. The lowest BCUT2D eigenvalue weighted by Crippen LogP contribution is -2.32. The van der Waals surface area contributed by atoms with E-state index in [1.54, 1.807) is 29.2 Å². The number of carbonyl (C=O) groups is 1. The van der Waals surface area contributed by atoms with Crippen molar-refractivity contribution < 1.29 is 22.7 Å². The monoisotopic (exact) mass is 534 g/mol. The number of alkyl halides is 3. The molecule has 0 saturated carbocycles. The minimum Gasteiger partial charge on any atom is -0.474 e. The van der Waals surface area contributed by atoms with Crippen molar-refractivity contribution in [1.82, 2.24) is 14.9 Å². The molecule has 0 radical (unpaired) electrons. The van der Waals surface area contributed by atoms with Gasteiger partial charge in [-0.2, -0.15) is 18.4 Å². The van der Waals surface area contributed by atoms with Gasteiger partial charge < -0.3 is 9.64 Å². The highest BCUT2D eigenvalue weighted by atomic mass is 35.5. The third-order valence-corrected chi connectivity index (χ3v) is 6.84. The molecule has 3 heterocycles. The fraction of sp³-hybridized carbons (Fsp3) is 0.280. The molecule has 0 N–H and O–H groups in total. The van der Waals surface area contributed by atoms with Gasteiger partial charge >= 0.3 is 6.18 Å². The average Bonchev–Trinajstić information content (AvgIpc) is 3.31. The molecule has 6 nitrogen and oxygen atoms in total. The Morgan fingerprint density at radius 3 is 2.47 bits per heavy atom. The number of halogens is 5. The zero-order chi connectivity index (χ0) is 26.0. The number of rotatable bonds is 5. The average molecular weight is 535 g/mol. The summed E-state index contributed by atoms with van der Waals surface area (Å²) in [7, 11) is 0. The van der Waals surface area contributed by atoms with E-state index in [4.69, 9.17) is 33.2 Å². The van der Waals surface area contributed by atoms with E-state index < -0.39 is 23.9 Å². The Morgan fingerprint density at radius 1 is 1.11 bits per heavy atom. The van der Waals surface area contributed by atoms with Crippen LogP contribution in [0.5, 0.6) is 5.88 Å². The first-order valence-corrected chi connectivity index (χ1v) is 11.6. The number of aromatic nitrogens is 2. The summed E-state index contributed by atoms with van der Waals surface area (Å²) in [6.07, 6.45) is -2.66. The number of likely N-dealkylation sites (tertiary alicyclic amines) is 1. The summed E-state index contributed by atoms with van der Waals surface area (Å²) in [5.41, 5.74) is 0.229. The third-order valence-electron chi connectivity index (χ3n) is 6.10. The molecule has 3 atom stereocenters. The summed E-state index contributed by atoms with van der Waals surface area (Å²) in [4.78, 5) is 22.3. The SMILES string of the molecule is C[C@H](Oc1ccc(C#N)cn1)C1CN(C(=O)c2ccc(C(F)(F)F)nc2)C[C@@H]1c1ccc(Cl)c(Cl)c1. The van der Waals surface area contributed by atoms with E-state index in [1.807, 2.05) is 19.1 Å². The predicted molar refractivity (Wildman–Crippen MR) is 127 cm³/mol. The largest absolute Gasteiger partial charge is 0.474 e. The molecule has 1 amide bonds. The highest BCUT2D eigenvalue weighted by Gasteiger charge is 2.41. The van der Waals surface area contributed by atoms with Crippen molar-refractivity contribution in [3.8, 4) is 11.9 Å². The lowest BCUT2D eigenvalue weighted by atomic mass is 9.86. The molecule has 1 aromatic carbocycles. The molecular weight excluding hydrogens is 516 g/mol. The van der Waals surface area contributed by atoms with Crippen LogP contribution in [0.2, 0.25) is 10.0 Å². The number of hydrogen-bond donors (Lipinski definition) is 0. The first-order chi connectivity index (χ1) is 17.1. The van der Waals surface area contributed by atoms with E-state index in [9.17, 15) is 18.0 Å². The predicted octanol–water partition coefficient (Wildman–Crippen LogP) is 6.00. The molecule has 1 unspecified atom stereocenters. The van der Waals surface area contributed by atoms with Crippen LogP contribution in [-0.2, 0) is 6.18 Å². The molecule has 1 fully saturated rings. The van der Waals surface area contributed by atoms with Crippen LogP contribution in [0, 0.1) is 17.2 Å². The van der Waals surface area contributed by atoms with Crippen molar-refractivity contribution in [2.24, 2.45) is 5.92 Å². The molecule has 0 bridgehead atoms. The maximum atomic E-state index is 13.2. The normalized spacial score (nSPS) is 18.5. The lowest BCUT2D eigenvalue weighted by Gasteiger charge is -2.25. The molecule has 186 valence electrons. The van der Waals surface area contributed by atoms with Crippen molar-refractivity contribution in [3.05, 3.63) is 87.3 Å².